The molecule has 0 aliphatic rings. The first-order chi connectivity index (χ1) is 8.95. The predicted octanol–water partition coefficient (Wildman–Crippen LogP) is 0.627. The summed E-state index contributed by atoms with van der Waals surface area (Å²) < 4.78 is 0. The second kappa shape index (κ2) is 6.84. The van der Waals surface area contributed by atoms with Gasteiger partial charge in [0.15, 0.2) is 0 Å². The fourth-order valence-corrected chi connectivity index (χ4v) is 1.66. The third-order valence-corrected chi connectivity index (χ3v) is 2.91. The van der Waals surface area contributed by atoms with Gasteiger partial charge in [0.25, 0.3) is 0 Å². The molecule has 1 rings (SSSR count). The zero-order valence-electron chi connectivity index (χ0n) is 11.1. The van der Waals surface area contributed by atoms with Gasteiger partial charge in [0.05, 0.1) is 5.92 Å². The number of hydrogen-bond donors (Lipinski definition) is 3. The van der Waals surface area contributed by atoms with E-state index < -0.39 is 5.97 Å². The van der Waals surface area contributed by atoms with E-state index in [1.807, 2.05) is 13.8 Å². The molecule has 1 amide bonds. The number of carboxylic acid groups (broad SMARTS) is 1. The molecule has 1 aromatic rings. The third kappa shape index (κ3) is 4.33. The normalized spacial score (nSPS) is 12.2. The van der Waals surface area contributed by atoms with Crippen LogP contribution in [0.3, 0.4) is 0 Å². The smallest absolute Gasteiger partial charge is 0.354 e. The zero-order valence-corrected chi connectivity index (χ0v) is 11.1. The molecule has 0 aliphatic heterocycles. The fraction of sp³-hybridized carbons (Fsp3) is 0.462. The lowest BCUT2D eigenvalue weighted by Gasteiger charge is -2.18. The molecule has 0 aliphatic carbocycles. The first kappa shape index (κ1) is 15.1. The van der Waals surface area contributed by atoms with Crippen LogP contribution in [-0.4, -0.2) is 28.5 Å². The minimum absolute atomic E-state index is 0.0166. The van der Waals surface area contributed by atoms with Crippen molar-refractivity contribution in [1.29, 1.82) is 0 Å². The van der Waals surface area contributed by atoms with Gasteiger partial charge in [-0.1, -0.05) is 19.9 Å². The van der Waals surface area contributed by atoms with Crippen LogP contribution in [0, 0.1) is 11.8 Å². The van der Waals surface area contributed by atoms with E-state index in [1.54, 1.807) is 6.07 Å². The minimum atomic E-state index is -1.07. The van der Waals surface area contributed by atoms with Crippen molar-refractivity contribution >= 4 is 11.9 Å². The molecule has 0 bridgehead atoms. The molecule has 19 heavy (non-hydrogen) atoms. The Labute approximate surface area is 112 Å². The molecule has 1 unspecified atom stereocenters. The SMILES string of the molecule is CC(C)C(CN)C(=O)NCc1ccc(C(=O)O)nc1. The predicted molar refractivity (Wildman–Crippen MR) is 70.4 cm³/mol. The van der Waals surface area contributed by atoms with E-state index in [0.29, 0.717) is 13.1 Å². The summed E-state index contributed by atoms with van der Waals surface area (Å²) in [5, 5.41) is 11.5. The Kier molecular flexibility index (Phi) is 5.44. The number of nitrogens with zero attached hydrogens (tertiary/aromatic N) is 1. The Morgan fingerprint density at radius 3 is 2.53 bits per heavy atom. The number of pyridine rings is 1. The number of amides is 1. The molecule has 6 heteroatoms. The number of rotatable bonds is 6. The van der Waals surface area contributed by atoms with Crippen molar-refractivity contribution in [2.45, 2.75) is 20.4 Å². The second-order valence-electron chi connectivity index (χ2n) is 4.66. The summed E-state index contributed by atoms with van der Waals surface area (Å²) in [5.74, 6) is -1.21. The van der Waals surface area contributed by atoms with Crippen LogP contribution in [0.2, 0.25) is 0 Å². The van der Waals surface area contributed by atoms with E-state index in [-0.39, 0.29) is 23.4 Å². The number of aromatic carboxylic acids is 1. The molecule has 6 nitrogen and oxygen atoms in total. The standard InChI is InChI=1S/C13H19N3O3/c1-8(2)10(5-14)12(17)16-7-9-3-4-11(13(18)19)15-6-9/h3-4,6,8,10H,5,7,14H2,1-2H3,(H,16,17)(H,18,19). The first-order valence-corrected chi connectivity index (χ1v) is 6.11. The molecule has 104 valence electrons. The Bertz CT molecular complexity index is 443. The summed E-state index contributed by atoms with van der Waals surface area (Å²) in [6.45, 7) is 4.51. The van der Waals surface area contributed by atoms with Gasteiger partial charge in [-0.2, -0.15) is 0 Å². The highest BCUT2D eigenvalue weighted by Crippen LogP contribution is 2.09. The van der Waals surface area contributed by atoms with Gasteiger partial charge in [0.2, 0.25) is 5.91 Å². The van der Waals surface area contributed by atoms with Crippen LogP contribution >= 0.6 is 0 Å². The van der Waals surface area contributed by atoms with E-state index in [1.165, 1.54) is 12.3 Å². The number of hydrogen-bond acceptors (Lipinski definition) is 4. The molecule has 1 aromatic heterocycles. The van der Waals surface area contributed by atoms with Gasteiger partial charge in [0, 0.05) is 19.3 Å². The van der Waals surface area contributed by atoms with Crippen molar-refractivity contribution < 1.29 is 14.7 Å². The number of carbonyl (C=O) groups excluding carboxylic acids is 1. The van der Waals surface area contributed by atoms with Gasteiger partial charge in [-0.15, -0.1) is 0 Å². The van der Waals surface area contributed by atoms with E-state index >= 15 is 0 Å². The average molecular weight is 265 g/mol. The van der Waals surface area contributed by atoms with Gasteiger partial charge in [0.1, 0.15) is 5.69 Å². The molecule has 1 atom stereocenters. The van der Waals surface area contributed by atoms with Gasteiger partial charge in [-0.25, -0.2) is 9.78 Å². The number of nitrogens with one attached hydrogen (secondary N) is 1. The van der Waals surface area contributed by atoms with Gasteiger partial charge in [-0.05, 0) is 17.5 Å². The van der Waals surface area contributed by atoms with Gasteiger partial charge >= 0.3 is 5.97 Å². The van der Waals surface area contributed by atoms with Crippen LogP contribution in [0.4, 0.5) is 0 Å². The Morgan fingerprint density at radius 1 is 1.42 bits per heavy atom. The Hall–Kier alpha value is -1.95. The largest absolute Gasteiger partial charge is 0.477 e. The minimum Gasteiger partial charge on any atom is -0.477 e. The summed E-state index contributed by atoms with van der Waals surface area (Å²) in [4.78, 5) is 26.3. The van der Waals surface area contributed by atoms with Crippen molar-refractivity contribution in [2.24, 2.45) is 17.6 Å². The van der Waals surface area contributed by atoms with Crippen molar-refractivity contribution in [2.75, 3.05) is 6.54 Å². The average Bonchev–Trinajstić information content (AvgIpc) is 2.37. The quantitative estimate of drug-likeness (QED) is 0.699. The van der Waals surface area contributed by atoms with Crippen molar-refractivity contribution in [1.82, 2.24) is 10.3 Å². The molecular weight excluding hydrogens is 246 g/mol. The summed E-state index contributed by atoms with van der Waals surface area (Å²) in [7, 11) is 0. The number of carboxylic acids is 1. The van der Waals surface area contributed by atoms with Gasteiger partial charge in [-0.3, -0.25) is 4.79 Å². The van der Waals surface area contributed by atoms with Crippen molar-refractivity contribution in [3.8, 4) is 0 Å². The van der Waals surface area contributed by atoms with Crippen LogP contribution in [-0.2, 0) is 11.3 Å². The topological polar surface area (TPSA) is 105 Å². The maximum Gasteiger partial charge on any atom is 0.354 e. The summed E-state index contributed by atoms with van der Waals surface area (Å²) in [6.07, 6.45) is 1.44. The monoisotopic (exact) mass is 265 g/mol. The van der Waals surface area contributed by atoms with Crippen LogP contribution in [0.1, 0.15) is 29.9 Å². The molecule has 0 fully saturated rings. The molecule has 0 saturated heterocycles. The summed E-state index contributed by atoms with van der Waals surface area (Å²) in [6, 6.07) is 3.04. The summed E-state index contributed by atoms with van der Waals surface area (Å²) in [5.41, 5.74) is 6.29. The molecule has 0 spiro atoms. The fourth-order valence-electron chi connectivity index (χ4n) is 1.66. The molecular formula is C13H19N3O3. The van der Waals surface area contributed by atoms with E-state index in [0.717, 1.165) is 5.56 Å². The number of aromatic nitrogens is 1. The first-order valence-electron chi connectivity index (χ1n) is 6.11. The van der Waals surface area contributed by atoms with Crippen molar-refractivity contribution in [3.63, 3.8) is 0 Å². The number of nitrogens with two attached hydrogens (primary N) is 1. The lowest BCUT2D eigenvalue weighted by atomic mass is 9.95. The molecule has 0 aromatic carbocycles. The van der Waals surface area contributed by atoms with Crippen LogP contribution in [0.25, 0.3) is 0 Å². The van der Waals surface area contributed by atoms with Crippen LogP contribution in [0.5, 0.6) is 0 Å². The lowest BCUT2D eigenvalue weighted by Crippen LogP contribution is -2.37. The van der Waals surface area contributed by atoms with E-state index in [9.17, 15) is 9.59 Å². The highest BCUT2D eigenvalue weighted by molar-refractivity contribution is 5.85. The zero-order chi connectivity index (χ0) is 14.4. The lowest BCUT2D eigenvalue weighted by molar-refractivity contribution is -0.126. The molecule has 4 N–H and O–H groups in total. The molecule has 1 heterocycles. The maximum absolute atomic E-state index is 11.9. The van der Waals surface area contributed by atoms with E-state index in [2.05, 4.69) is 10.3 Å². The molecule has 0 radical (unpaired) electrons. The van der Waals surface area contributed by atoms with Gasteiger partial charge < -0.3 is 16.2 Å². The number of carbonyl (C=O) groups is 2. The van der Waals surface area contributed by atoms with Crippen LogP contribution in [0.15, 0.2) is 18.3 Å². The van der Waals surface area contributed by atoms with Crippen molar-refractivity contribution in [3.05, 3.63) is 29.6 Å². The van der Waals surface area contributed by atoms with Crippen LogP contribution < -0.4 is 11.1 Å². The highest BCUT2D eigenvalue weighted by atomic mass is 16.4. The maximum atomic E-state index is 11.9. The highest BCUT2D eigenvalue weighted by Gasteiger charge is 2.19. The Balaban J connectivity index is 2.57. The second-order valence-corrected chi connectivity index (χ2v) is 4.66. The molecule has 0 saturated carbocycles. The third-order valence-electron chi connectivity index (χ3n) is 2.91. The Morgan fingerprint density at radius 2 is 2.11 bits per heavy atom. The van der Waals surface area contributed by atoms with E-state index in [4.69, 9.17) is 10.8 Å². The summed E-state index contributed by atoms with van der Waals surface area (Å²) >= 11 is 0.